The first-order valence-corrected chi connectivity index (χ1v) is 13.1. The van der Waals surface area contributed by atoms with E-state index in [1.807, 2.05) is 19.0 Å². The Kier molecular flexibility index (Phi) is 10.1. The van der Waals surface area contributed by atoms with Crippen LogP contribution in [0.1, 0.15) is 37.6 Å². The van der Waals surface area contributed by atoms with Crippen LogP contribution in [0.3, 0.4) is 0 Å². The van der Waals surface area contributed by atoms with Crippen LogP contribution >= 0.6 is 0 Å². The highest BCUT2D eigenvalue weighted by molar-refractivity contribution is 5.97. The van der Waals surface area contributed by atoms with Gasteiger partial charge in [-0.2, -0.15) is 0 Å². The molecule has 2 aliphatic heterocycles. The molecule has 2 N–H and O–H groups in total. The van der Waals surface area contributed by atoms with Gasteiger partial charge in [0.2, 0.25) is 11.8 Å². The smallest absolute Gasteiger partial charge is 0.407 e. The van der Waals surface area contributed by atoms with Gasteiger partial charge in [-0.15, -0.1) is 0 Å². The van der Waals surface area contributed by atoms with Crippen LogP contribution in [0.25, 0.3) is 0 Å². The lowest BCUT2D eigenvalue weighted by Gasteiger charge is -2.29. The number of benzene rings is 1. The molecular formula is C27H41N5O7. The zero-order chi connectivity index (χ0) is 28.7. The van der Waals surface area contributed by atoms with E-state index in [1.54, 1.807) is 49.9 Å². The summed E-state index contributed by atoms with van der Waals surface area (Å²) in [5.41, 5.74) is -0.284. The predicted molar refractivity (Wildman–Crippen MR) is 143 cm³/mol. The number of ether oxygens (including phenoxy) is 3. The third-order valence-corrected chi connectivity index (χ3v) is 6.43. The number of likely N-dealkylation sites (N-methyl/N-ethyl adjacent to an activating group) is 2. The normalized spacial score (nSPS) is 22.6. The molecule has 0 saturated carbocycles. The molecule has 1 saturated heterocycles. The highest BCUT2D eigenvalue weighted by Gasteiger charge is 2.38. The number of rotatable bonds is 5. The van der Waals surface area contributed by atoms with Crippen molar-refractivity contribution < 1.29 is 33.4 Å². The van der Waals surface area contributed by atoms with Gasteiger partial charge in [0.25, 0.3) is 5.91 Å². The summed E-state index contributed by atoms with van der Waals surface area (Å²) >= 11 is 0. The molecule has 3 rings (SSSR count). The Labute approximate surface area is 229 Å². The van der Waals surface area contributed by atoms with E-state index in [0.29, 0.717) is 30.8 Å². The zero-order valence-corrected chi connectivity index (χ0v) is 23.7. The summed E-state index contributed by atoms with van der Waals surface area (Å²) in [6.07, 6.45) is -0.0931. The third-order valence-electron chi connectivity index (χ3n) is 6.43. The van der Waals surface area contributed by atoms with Gasteiger partial charge in [-0.25, -0.2) is 4.79 Å². The van der Waals surface area contributed by atoms with Crippen molar-refractivity contribution in [3.8, 4) is 5.75 Å². The molecule has 2 heterocycles. The van der Waals surface area contributed by atoms with Crippen LogP contribution in [0.4, 0.5) is 4.79 Å². The Bertz CT molecular complexity index is 1040. The van der Waals surface area contributed by atoms with Crippen molar-refractivity contribution in [2.75, 3.05) is 60.6 Å². The Morgan fingerprint density at radius 1 is 1.18 bits per heavy atom. The van der Waals surface area contributed by atoms with Crippen molar-refractivity contribution in [2.24, 2.45) is 0 Å². The van der Waals surface area contributed by atoms with Crippen LogP contribution in [-0.4, -0.2) is 123 Å². The van der Waals surface area contributed by atoms with Crippen LogP contribution in [0.15, 0.2) is 24.3 Å². The summed E-state index contributed by atoms with van der Waals surface area (Å²) in [6.45, 7) is 6.36. The number of amides is 4. The van der Waals surface area contributed by atoms with E-state index in [0.717, 1.165) is 0 Å². The Hall–Kier alpha value is -3.38. The van der Waals surface area contributed by atoms with E-state index in [1.165, 1.54) is 11.9 Å². The molecule has 0 unspecified atom stereocenters. The minimum Gasteiger partial charge on any atom is -0.491 e. The second kappa shape index (κ2) is 13.1. The van der Waals surface area contributed by atoms with Gasteiger partial charge in [-0.05, 0) is 59.5 Å². The van der Waals surface area contributed by atoms with Gasteiger partial charge in [-0.3, -0.25) is 14.4 Å². The lowest BCUT2D eigenvalue weighted by atomic mass is 10.1. The van der Waals surface area contributed by atoms with E-state index in [4.69, 9.17) is 14.2 Å². The Morgan fingerprint density at radius 3 is 2.62 bits per heavy atom. The van der Waals surface area contributed by atoms with E-state index in [2.05, 4.69) is 10.6 Å². The lowest BCUT2D eigenvalue weighted by molar-refractivity contribution is -0.140. The fourth-order valence-corrected chi connectivity index (χ4v) is 4.44. The average Bonchev–Trinajstić information content (AvgIpc) is 3.25. The molecular weight excluding hydrogens is 506 g/mol. The van der Waals surface area contributed by atoms with E-state index in [9.17, 15) is 19.2 Å². The maximum absolute atomic E-state index is 13.3. The molecule has 0 aromatic heterocycles. The molecule has 2 aliphatic rings. The van der Waals surface area contributed by atoms with Crippen molar-refractivity contribution in [2.45, 2.75) is 50.9 Å². The average molecular weight is 548 g/mol. The second-order valence-electron chi connectivity index (χ2n) is 11.2. The number of hydrogen-bond donors (Lipinski definition) is 2. The topological polar surface area (TPSA) is 130 Å². The molecule has 12 nitrogen and oxygen atoms in total. The summed E-state index contributed by atoms with van der Waals surface area (Å²) in [4.78, 5) is 56.7. The molecule has 216 valence electrons. The quantitative estimate of drug-likeness (QED) is 0.552. The molecule has 1 aromatic rings. The minimum atomic E-state index is -0.948. The lowest BCUT2D eigenvalue weighted by Crippen LogP contribution is -2.51. The van der Waals surface area contributed by atoms with Crippen LogP contribution < -0.4 is 15.4 Å². The number of hydrogen-bond acceptors (Lipinski definition) is 8. The molecule has 0 spiro atoms. The summed E-state index contributed by atoms with van der Waals surface area (Å²) in [6, 6.07) is 5.09. The SMILES string of the molecule is CN(C)CCNC(=O)[C@@H]1COCC(=O)N2C[C@@H](NC(=O)OC(C)(C)C)C[C@H]2COc2cccc(c2)C(=O)N1C. The minimum absolute atomic E-state index is 0.157. The largest absolute Gasteiger partial charge is 0.491 e. The fourth-order valence-electron chi connectivity index (χ4n) is 4.44. The van der Waals surface area contributed by atoms with Crippen LogP contribution in [0, 0.1) is 0 Å². The highest BCUT2D eigenvalue weighted by Crippen LogP contribution is 2.23. The van der Waals surface area contributed by atoms with Gasteiger partial charge in [0.1, 0.15) is 30.6 Å². The third kappa shape index (κ3) is 8.82. The molecule has 3 atom stereocenters. The van der Waals surface area contributed by atoms with E-state index in [-0.39, 0.29) is 56.2 Å². The number of nitrogens with zero attached hydrogens (tertiary/aromatic N) is 3. The van der Waals surface area contributed by atoms with Gasteiger partial charge < -0.3 is 39.5 Å². The van der Waals surface area contributed by atoms with E-state index < -0.39 is 17.7 Å². The van der Waals surface area contributed by atoms with Crippen molar-refractivity contribution in [3.63, 3.8) is 0 Å². The van der Waals surface area contributed by atoms with Gasteiger partial charge in [0.15, 0.2) is 0 Å². The Balaban J connectivity index is 1.79. The molecule has 1 fully saturated rings. The van der Waals surface area contributed by atoms with Crippen molar-refractivity contribution in [1.82, 2.24) is 25.3 Å². The fraction of sp³-hybridized carbons (Fsp3) is 0.630. The summed E-state index contributed by atoms with van der Waals surface area (Å²) < 4.78 is 17.1. The number of carbonyl (C=O) groups excluding carboxylic acids is 4. The first-order valence-electron chi connectivity index (χ1n) is 13.1. The maximum Gasteiger partial charge on any atom is 0.407 e. The molecule has 1 aromatic carbocycles. The standard InChI is InChI=1S/C27H41N5O7/c1-27(2,3)39-26(36)29-19-13-20-15-38-21-9-7-8-18(12-21)25(35)31(6)22(24(34)28-10-11-30(4)5)16-37-17-23(33)32(20)14-19/h7-9,12,19-20,22H,10-11,13-17H2,1-6H3,(H,28,34)(H,29,36)/t19-,20-,22-/m0/s1. The molecule has 12 heteroatoms. The second-order valence-corrected chi connectivity index (χ2v) is 11.2. The maximum atomic E-state index is 13.3. The first kappa shape index (κ1) is 30.2. The van der Waals surface area contributed by atoms with E-state index >= 15 is 0 Å². The van der Waals surface area contributed by atoms with Crippen LogP contribution in [0.2, 0.25) is 0 Å². The van der Waals surface area contributed by atoms with Gasteiger partial charge in [0.05, 0.1) is 18.7 Å². The Morgan fingerprint density at radius 2 is 1.92 bits per heavy atom. The van der Waals surface area contributed by atoms with Crippen molar-refractivity contribution in [1.29, 1.82) is 0 Å². The summed E-state index contributed by atoms with van der Waals surface area (Å²) in [5.74, 6) is -0.584. The van der Waals surface area contributed by atoms with Crippen molar-refractivity contribution >= 4 is 23.8 Å². The van der Waals surface area contributed by atoms with Crippen LogP contribution in [0.5, 0.6) is 5.75 Å². The summed E-state index contributed by atoms with van der Waals surface area (Å²) in [5, 5.41) is 5.67. The highest BCUT2D eigenvalue weighted by atomic mass is 16.6. The summed E-state index contributed by atoms with van der Waals surface area (Å²) in [7, 11) is 5.32. The monoisotopic (exact) mass is 547 g/mol. The molecule has 0 radical (unpaired) electrons. The zero-order valence-electron chi connectivity index (χ0n) is 23.7. The number of carbonyl (C=O) groups is 4. The number of alkyl carbamates (subject to hydrolysis) is 1. The number of nitrogens with one attached hydrogen (secondary N) is 2. The predicted octanol–water partition coefficient (Wildman–Crippen LogP) is 0.708. The molecule has 39 heavy (non-hydrogen) atoms. The van der Waals surface area contributed by atoms with Gasteiger partial charge in [0, 0.05) is 32.2 Å². The van der Waals surface area contributed by atoms with Crippen molar-refractivity contribution in [3.05, 3.63) is 29.8 Å². The molecule has 0 aliphatic carbocycles. The molecule has 4 amide bonds. The van der Waals surface area contributed by atoms with Crippen LogP contribution in [-0.2, 0) is 19.1 Å². The first-order chi connectivity index (χ1) is 18.3. The molecule has 2 bridgehead atoms. The van der Waals surface area contributed by atoms with Gasteiger partial charge in [-0.1, -0.05) is 6.07 Å². The van der Waals surface area contributed by atoms with Gasteiger partial charge >= 0.3 is 6.09 Å². The number of fused-ring (bicyclic) bond motifs is 3.